The molecule has 18 heavy (non-hydrogen) atoms. The molecular weight excluding hydrogens is 249 g/mol. The minimum absolute atomic E-state index is 0.315. The van der Waals surface area contributed by atoms with Crippen molar-refractivity contribution in [1.82, 2.24) is 14.5 Å². The van der Waals surface area contributed by atoms with Crippen LogP contribution in [0, 0.1) is 5.82 Å². The third kappa shape index (κ3) is 2.17. The van der Waals surface area contributed by atoms with Crippen molar-refractivity contribution in [3.8, 4) is 10.7 Å². The minimum atomic E-state index is -0.315. The van der Waals surface area contributed by atoms with E-state index in [0.717, 1.165) is 16.3 Å². The molecule has 0 aliphatic carbocycles. The second-order valence-corrected chi connectivity index (χ2v) is 4.82. The topological polar surface area (TPSA) is 30.7 Å². The lowest BCUT2D eigenvalue weighted by Gasteiger charge is -2.06. The molecule has 0 saturated carbocycles. The first-order valence-electron chi connectivity index (χ1n) is 5.47. The number of thiophene rings is 1. The standard InChI is InChI=1S/C13H10FN3S/c14-11-6-10(7-15-8-11)9-17-4-3-16-13(17)12-2-1-5-18-12/h1-8H,9H2. The predicted molar refractivity (Wildman–Crippen MR) is 68.8 cm³/mol. The van der Waals surface area contributed by atoms with Gasteiger partial charge in [0.05, 0.1) is 17.6 Å². The zero-order valence-corrected chi connectivity index (χ0v) is 10.3. The maximum Gasteiger partial charge on any atom is 0.150 e. The van der Waals surface area contributed by atoms with Crippen LogP contribution in [0.5, 0.6) is 0 Å². The van der Waals surface area contributed by atoms with Gasteiger partial charge in [0.1, 0.15) is 11.6 Å². The maximum atomic E-state index is 13.1. The van der Waals surface area contributed by atoms with Crippen molar-refractivity contribution < 1.29 is 4.39 Å². The molecule has 0 aliphatic rings. The molecule has 0 amide bonds. The Labute approximate surface area is 108 Å². The Balaban J connectivity index is 1.92. The Morgan fingerprint density at radius 1 is 1.33 bits per heavy atom. The van der Waals surface area contributed by atoms with Crippen LogP contribution in [0.15, 0.2) is 48.4 Å². The van der Waals surface area contributed by atoms with Gasteiger partial charge in [0.25, 0.3) is 0 Å². The van der Waals surface area contributed by atoms with Crippen LogP contribution in [0.4, 0.5) is 4.39 Å². The summed E-state index contributed by atoms with van der Waals surface area (Å²) in [5.74, 6) is 0.583. The SMILES string of the molecule is Fc1cncc(Cn2ccnc2-c2cccs2)c1. The molecule has 0 atom stereocenters. The summed E-state index contributed by atoms with van der Waals surface area (Å²) in [7, 11) is 0. The van der Waals surface area contributed by atoms with Crippen molar-refractivity contribution in [1.29, 1.82) is 0 Å². The van der Waals surface area contributed by atoms with Crippen LogP contribution < -0.4 is 0 Å². The van der Waals surface area contributed by atoms with Crippen molar-refractivity contribution >= 4 is 11.3 Å². The zero-order chi connectivity index (χ0) is 12.4. The van der Waals surface area contributed by atoms with E-state index in [9.17, 15) is 4.39 Å². The monoisotopic (exact) mass is 259 g/mol. The lowest BCUT2D eigenvalue weighted by molar-refractivity contribution is 0.616. The number of rotatable bonds is 3. The molecular formula is C13H10FN3S. The third-order valence-electron chi connectivity index (χ3n) is 2.57. The van der Waals surface area contributed by atoms with Gasteiger partial charge in [-0.2, -0.15) is 0 Å². The van der Waals surface area contributed by atoms with Gasteiger partial charge < -0.3 is 4.57 Å². The minimum Gasteiger partial charge on any atom is -0.326 e. The van der Waals surface area contributed by atoms with Crippen LogP contribution in [0.3, 0.4) is 0 Å². The summed E-state index contributed by atoms with van der Waals surface area (Å²) in [6.45, 7) is 0.567. The van der Waals surface area contributed by atoms with E-state index in [2.05, 4.69) is 9.97 Å². The molecule has 5 heteroatoms. The molecule has 0 radical (unpaired) electrons. The second kappa shape index (κ2) is 4.70. The molecule has 0 aliphatic heterocycles. The van der Waals surface area contributed by atoms with Gasteiger partial charge in [-0.05, 0) is 23.1 Å². The van der Waals surface area contributed by atoms with Crippen LogP contribution in [0.2, 0.25) is 0 Å². The number of hydrogen-bond donors (Lipinski definition) is 0. The van der Waals surface area contributed by atoms with Crippen molar-refractivity contribution in [3.63, 3.8) is 0 Å². The van der Waals surface area contributed by atoms with Crippen molar-refractivity contribution in [2.24, 2.45) is 0 Å². The van der Waals surface area contributed by atoms with E-state index in [-0.39, 0.29) is 5.82 Å². The highest BCUT2D eigenvalue weighted by molar-refractivity contribution is 7.13. The van der Waals surface area contributed by atoms with E-state index in [0.29, 0.717) is 6.54 Å². The van der Waals surface area contributed by atoms with Crippen LogP contribution in [0.1, 0.15) is 5.56 Å². The summed E-state index contributed by atoms with van der Waals surface area (Å²) in [6, 6.07) is 5.50. The summed E-state index contributed by atoms with van der Waals surface area (Å²) < 4.78 is 15.1. The molecule has 0 bridgehead atoms. The number of hydrogen-bond acceptors (Lipinski definition) is 3. The first-order valence-corrected chi connectivity index (χ1v) is 6.35. The van der Waals surface area contributed by atoms with E-state index in [1.165, 1.54) is 12.3 Å². The molecule has 0 saturated heterocycles. The lowest BCUT2D eigenvalue weighted by atomic mass is 10.3. The van der Waals surface area contributed by atoms with Gasteiger partial charge in [-0.3, -0.25) is 4.98 Å². The molecule has 0 unspecified atom stereocenters. The summed E-state index contributed by atoms with van der Waals surface area (Å²) in [6.07, 6.45) is 6.51. The number of imidazole rings is 1. The highest BCUT2D eigenvalue weighted by Gasteiger charge is 2.07. The van der Waals surface area contributed by atoms with E-state index in [1.54, 1.807) is 23.7 Å². The Morgan fingerprint density at radius 3 is 3.06 bits per heavy atom. The summed E-state index contributed by atoms with van der Waals surface area (Å²) in [4.78, 5) is 9.29. The van der Waals surface area contributed by atoms with Gasteiger partial charge in [-0.25, -0.2) is 9.37 Å². The summed E-state index contributed by atoms with van der Waals surface area (Å²) in [5, 5.41) is 2.01. The van der Waals surface area contributed by atoms with Crippen LogP contribution in [-0.4, -0.2) is 14.5 Å². The molecule has 3 aromatic rings. The number of pyridine rings is 1. The van der Waals surface area contributed by atoms with E-state index in [4.69, 9.17) is 0 Å². The average molecular weight is 259 g/mol. The van der Waals surface area contributed by atoms with Gasteiger partial charge >= 0.3 is 0 Å². The predicted octanol–water partition coefficient (Wildman–Crippen LogP) is 3.19. The highest BCUT2D eigenvalue weighted by atomic mass is 32.1. The van der Waals surface area contributed by atoms with Gasteiger partial charge in [-0.15, -0.1) is 11.3 Å². The smallest absolute Gasteiger partial charge is 0.150 e. The van der Waals surface area contributed by atoms with Gasteiger partial charge in [0, 0.05) is 18.6 Å². The van der Waals surface area contributed by atoms with E-state index in [1.807, 2.05) is 28.3 Å². The van der Waals surface area contributed by atoms with Crippen molar-refractivity contribution in [2.45, 2.75) is 6.54 Å². The van der Waals surface area contributed by atoms with Crippen molar-refractivity contribution in [2.75, 3.05) is 0 Å². The molecule has 0 fully saturated rings. The fraction of sp³-hybridized carbons (Fsp3) is 0.0769. The number of nitrogens with zero attached hydrogens (tertiary/aromatic N) is 3. The Hall–Kier alpha value is -2.01. The van der Waals surface area contributed by atoms with Crippen LogP contribution in [-0.2, 0) is 6.54 Å². The van der Waals surface area contributed by atoms with E-state index >= 15 is 0 Å². The largest absolute Gasteiger partial charge is 0.326 e. The third-order valence-corrected chi connectivity index (χ3v) is 3.44. The summed E-state index contributed by atoms with van der Waals surface area (Å²) in [5.41, 5.74) is 0.825. The number of halogens is 1. The zero-order valence-electron chi connectivity index (χ0n) is 9.45. The van der Waals surface area contributed by atoms with Gasteiger partial charge in [-0.1, -0.05) is 6.07 Å². The van der Waals surface area contributed by atoms with Crippen LogP contribution in [0.25, 0.3) is 10.7 Å². The Morgan fingerprint density at radius 2 is 2.28 bits per heavy atom. The van der Waals surface area contributed by atoms with Gasteiger partial charge in [0.15, 0.2) is 0 Å². The van der Waals surface area contributed by atoms with E-state index < -0.39 is 0 Å². The first kappa shape index (κ1) is 11.1. The normalized spacial score (nSPS) is 10.7. The first-order chi connectivity index (χ1) is 8.83. The van der Waals surface area contributed by atoms with Crippen LogP contribution >= 0.6 is 11.3 Å². The Kier molecular flexibility index (Phi) is 2.90. The highest BCUT2D eigenvalue weighted by Crippen LogP contribution is 2.23. The van der Waals surface area contributed by atoms with Crippen molar-refractivity contribution in [3.05, 3.63) is 59.7 Å². The number of aromatic nitrogens is 3. The second-order valence-electron chi connectivity index (χ2n) is 3.87. The summed E-state index contributed by atoms with van der Waals surface area (Å²) >= 11 is 1.64. The average Bonchev–Trinajstić information content (AvgIpc) is 2.98. The molecule has 3 nitrogen and oxygen atoms in total. The molecule has 3 heterocycles. The fourth-order valence-corrected chi connectivity index (χ4v) is 2.54. The Bertz CT molecular complexity index is 646. The lowest BCUT2D eigenvalue weighted by Crippen LogP contribution is -2.01. The molecule has 0 aromatic carbocycles. The quantitative estimate of drug-likeness (QED) is 0.723. The maximum absolute atomic E-state index is 13.1. The fourth-order valence-electron chi connectivity index (χ4n) is 1.81. The molecule has 90 valence electrons. The van der Waals surface area contributed by atoms with Gasteiger partial charge in [0.2, 0.25) is 0 Å². The molecule has 3 rings (SSSR count). The molecule has 0 spiro atoms. The molecule has 0 N–H and O–H groups in total. The molecule has 3 aromatic heterocycles.